The van der Waals surface area contributed by atoms with Crippen molar-refractivity contribution in [1.29, 1.82) is 0 Å². The van der Waals surface area contributed by atoms with Gasteiger partial charge in [-0.3, -0.25) is 4.21 Å². The fraction of sp³-hybridized carbons (Fsp3) is 0.500. The van der Waals surface area contributed by atoms with E-state index < -0.39 is 22.4 Å². The van der Waals surface area contributed by atoms with Crippen molar-refractivity contribution in [1.82, 2.24) is 5.32 Å². The molecule has 5 heteroatoms. The van der Waals surface area contributed by atoms with Gasteiger partial charge in [-0.25, -0.2) is 8.78 Å². The molecule has 0 amide bonds. The molecule has 1 N–H and O–H groups in total. The Morgan fingerprint density at radius 3 is 2.76 bits per heavy atom. The van der Waals surface area contributed by atoms with Crippen molar-refractivity contribution < 1.29 is 13.0 Å². The summed E-state index contributed by atoms with van der Waals surface area (Å²) < 4.78 is 38.6. The molecule has 0 aliphatic heterocycles. The molecule has 2 rings (SSSR count). The van der Waals surface area contributed by atoms with Gasteiger partial charge in [0, 0.05) is 12.1 Å². The van der Waals surface area contributed by atoms with Crippen LogP contribution in [0.3, 0.4) is 0 Å². The summed E-state index contributed by atoms with van der Waals surface area (Å²) in [6, 6.07) is 3.38. The third-order valence-electron chi connectivity index (χ3n) is 3.21. The summed E-state index contributed by atoms with van der Waals surface area (Å²) >= 11 is 0. The summed E-state index contributed by atoms with van der Waals surface area (Å²) in [4.78, 5) is 0.110. The predicted octanol–water partition coefficient (Wildman–Crippen LogP) is 2.21. The van der Waals surface area contributed by atoms with Crippen LogP contribution in [0.5, 0.6) is 0 Å². The molecule has 0 radical (unpaired) electrons. The number of benzene rings is 1. The van der Waals surface area contributed by atoms with Gasteiger partial charge in [-0.1, -0.05) is 6.42 Å². The number of halogens is 2. The van der Waals surface area contributed by atoms with Crippen LogP contribution in [-0.2, 0) is 10.8 Å². The second-order valence-electron chi connectivity index (χ2n) is 4.24. The molecule has 1 aromatic rings. The van der Waals surface area contributed by atoms with Crippen molar-refractivity contribution in [3.8, 4) is 0 Å². The molecule has 94 valence electrons. The molecule has 1 saturated carbocycles. The lowest BCUT2D eigenvalue weighted by molar-refractivity contribution is 0.553. The van der Waals surface area contributed by atoms with Crippen LogP contribution < -0.4 is 5.32 Å². The van der Waals surface area contributed by atoms with E-state index in [-0.39, 0.29) is 16.2 Å². The van der Waals surface area contributed by atoms with E-state index in [2.05, 4.69) is 5.32 Å². The van der Waals surface area contributed by atoms with Crippen LogP contribution in [0.4, 0.5) is 8.78 Å². The van der Waals surface area contributed by atoms with E-state index >= 15 is 0 Å². The Balaban J connectivity index is 2.24. The molecule has 1 aliphatic carbocycles. The summed E-state index contributed by atoms with van der Waals surface area (Å²) in [7, 11) is 0.408. The van der Waals surface area contributed by atoms with Crippen LogP contribution in [0.2, 0.25) is 0 Å². The first-order chi connectivity index (χ1) is 8.13. The Morgan fingerprint density at radius 2 is 2.12 bits per heavy atom. The zero-order valence-electron chi connectivity index (χ0n) is 9.58. The largest absolute Gasteiger partial charge is 0.316 e. The van der Waals surface area contributed by atoms with Crippen LogP contribution in [-0.4, -0.2) is 22.5 Å². The minimum absolute atomic E-state index is 0.0834. The average molecular weight is 259 g/mol. The Labute approximate surface area is 102 Å². The highest BCUT2D eigenvalue weighted by molar-refractivity contribution is 7.85. The SMILES string of the molecule is CNC1CCCC1S(=O)c1ccc(F)cc1F. The molecule has 0 bridgehead atoms. The fourth-order valence-corrected chi connectivity index (χ4v) is 4.04. The van der Waals surface area contributed by atoms with Crippen LogP contribution in [0, 0.1) is 11.6 Å². The Kier molecular flexibility index (Phi) is 3.89. The van der Waals surface area contributed by atoms with Crippen LogP contribution in [0.15, 0.2) is 23.1 Å². The highest BCUT2D eigenvalue weighted by Gasteiger charge is 2.32. The van der Waals surface area contributed by atoms with Gasteiger partial charge in [0.05, 0.1) is 20.9 Å². The van der Waals surface area contributed by atoms with Gasteiger partial charge in [-0.05, 0) is 32.0 Å². The standard InChI is InChI=1S/C12H15F2NOS/c1-15-10-3-2-4-12(10)17(16)11-6-5-8(13)7-9(11)14/h5-7,10,12,15H,2-4H2,1H3. The van der Waals surface area contributed by atoms with E-state index in [9.17, 15) is 13.0 Å². The Hall–Kier alpha value is -0.810. The smallest absolute Gasteiger partial charge is 0.142 e. The molecule has 2 nitrogen and oxygen atoms in total. The molecule has 0 heterocycles. The summed E-state index contributed by atoms with van der Waals surface area (Å²) in [5.41, 5.74) is 0. The lowest BCUT2D eigenvalue weighted by atomic mass is 10.2. The molecule has 3 unspecified atom stereocenters. The van der Waals surface area contributed by atoms with Crippen molar-refractivity contribution in [3.05, 3.63) is 29.8 Å². The molecule has 0 saturated heterocycles. The minimum atomic E-state index is -1.41. The predicted molar refractivity (Wildman–Crippen MR) is 63.3 cm³/mol. The molecule has 17 heavy (non-hydrogen) atoms. The van der Waals surface area contributed by atoms with Gasteiger partial charge in [0.25, 0.3) is 0 Å². The first-order valence-corrected chi connectivity index (χ1v) is 6.87. The molecule has 1 fully saturated rings. The fourth-order valence-electron chi connectivity index (χ4n) is 2.31. The number of hydrogen-bond donors (Lipinski definition) is 1. The van der Waals surface area contributed by atoms with Crippen LogP contribution in [0.25, 0.3) is 0 Å². The maximum absolute atomic E-state index is 13.5. The van der Waals surface area contributed by atoms with Gasteiger partial charge >= 0.3 is 0 Å². The third kappa shape index (κ3) is 2.55. The molecule has 1 aliphatic rings. The Morgan fingerprint density at radius 1 is 1.35 bits per heavy atom. The summed E-state index contributed by atoms with van der Waals surface area (Å²) in [6.07, 6.45) is 2.76. The van der Waals surface area contributed by atoms with Crippen molar-refractivity contribution in [2.75, 3.05) is 7.05 Å². The average Bonchev–Trinajstić information content (AvgIpc) is 2.76. The van der Waals surface area contributed by atoms with E-state index in [1.807, 2.05) is 7.05 Å². The van der Waals surface area contributed by atoms with Crippen LogP contribution in [0.1, 0.15) is 19.3 Å². The lowest BCUT2D eigenvalue weighted by Gasteiger charge is -2.18. The van der Waals surface area contributed by atoms with Crippen molar-refractivity contribution in [2.24, 2.45) is 0 Å². The van der Waals surface area contributed by atoms with Crippen molar-refractivity contribution in [3.63, 3.8) is 0 Å². The zero-order chi connectivity index (χ0) is 12.4. The van der Waals surface area contributed by atoms with Gasteiger partial charge in [0.1, 0.15) is 11.6 Å². The third-order valence-corrected chi connectivity index (χ3v) is 5.09. The summed E-state index contributed by atoms with van der Waals surface area (Å²) in [5.74, 6) is -1.36. The maximum atomic E-state index is 13.5. The second kappa shape index (κ2) is 5.23. The molecule has 0 spiro atoms. The number of hydrogen-bond acceptors (Lipinski definition) is 2. The molecule has 0 aromatic heterocycles. The quantitative estimate of drug-likeness (QED) is 0.901. The van der Waals surface area contributed by atoms with E-state index in [1.54, 1.807) is 0 Å². The van der Waals surface area contributed by atoms with E-state index in [1.165, 1.54) is 6.07 Å². The first kappa shape index (κ1) is 12.6. The highest BCUT2D eigenvalue weighted by atomic mass is 32.2. The lowest BCUT2D eigenvalue weighted by Crippen LogP contribution is -2.35. The van der Waals surface area contributed by atoms with Crippen molar-refractivity contribution >= 4 is 10.8 Å². The van der Waals surface area contributed by atoms with E-state index in [4.69, 9.17) is 0 Å². The molecular weight excluding hydrogens is 244 g/mol. The van der Waals surface area contributed by atoms with Gasteiger partial charge in [-0.15, -0.1) is 0 Å². The van der Waals surface area contributed by atoms with Crippen LogP contribution >= 0.6 is 0 Å². The minimum Gasteiger partial charge on any atom is -0.316 e. The summed E-state index contributed by atoms with van der Waals surface area (Å²) in [5, 5.41) is 3.02. The monoisotopic (exact) mass is 259 g/mol. The number of nitrogens with one attached hydrogen (secondary N) is 1. The number of rotatable bonds is 3. The summed E-state index contributed by atoms with van der Waals surface area (Å²) in [6.45, 7) is 0. The van der Waals surface area contributed by atoms with E-state index in [0.29, 0.717) is 0 Å². The van der Waals surface area contributed by atoms with Crippen molar-refractivity contribution in [2.45, 2.75) is 35.4 Å². The Bertz CT molecular complexity index is 439. The van der Waals surface area contributed by atoms with Gasteiger partial charge in [0.15, 0.2) is 0 Å². The molecular formula is C12H15F2NOS. The molecule has 3 atom stereocenters. The zero-order valence-corrected chi connectivity index (χ0v) is 10.4. The normalized spacial score (nSPS) is 26.1. The first-order valence-electron chi connectivity index (χ1n) is 5.66. The second-order valence-corrected chi connectivity index (χ2v) is 5.88. The van der Waals surface area contributed by atoms with Gasteiger partial charge < -0.3 is 5.32 Å². The van der Waals surface area contributed by atoms with Gasteiger partial charge in [0.2, 0.25) is 0 Å². The maximum Gasteiger partial charge on any atom is 0.142 e. The highest BCUT2D eigenvalue weighted by Crippen LogP contribution is 2.28. The molecule has 1 aromatic carbocycles. The van der Waals surface area contributed by atoms with Gasteiger partial charge in [-0.2, -0.15) is 0 Å². The van der Waals surface area contributed by atoms with E-state index in [0.717, 1.165) is 31.4 Å². The topological polar surface area (TPSA) is 29.1 Å².